The van der Waals surface area contributed by atoms with E-state index in [2.05, 4.69) is 5.92 Å². The molecule has 3 nitrogen and oxygen atoms in total. The molecule has 2 atom stereocenters. The number of hydrogen-bond acceptors (Lipinski definition) is 2. The molecule has 2 unspecified atom stereocenters. The van der Waals surface area contributed by atoms with E-state index in [0.717, 1.165) is 31.2 Å². The SMILES string of the molecule is C#CC=C1CC2CCC(C1)N2C(=O)OCc1ccccc1. The van der Waals surface area contributed by atoms with E-state index in [4.69, 9.17) is 11.2 Å². The minimum absolute atomic E-state index is 0.189. The van der Waals surface area contributed by atoms with Gasteiger partial charge in [0, 0.05) is 12.1 Å². The van der Waals surface area contributed by atoms with Crippen LogP contribution in [0.3, 0.4) is 0 Å². The number of rotatable bonds is 2. The summed E-state index contributed by atoms with van der Waals surface area (Å²) in [5, 5.41) is 0. The molecule has 108 valence electrons. The lowest BCUT2D eigenvalue weighted by Gasteiger charge is -2.35. The van der Waals surface area contributed by atoms with Crippen LogP contribution in [0.4, 0.5) is 4.79 Å². The zero-order valence-corrected chi connectivity index (χ0v) is 12.0. The van der Waals surface area contributed by atoms with Crippen LogP contribution in [0.1, 0.15) is 31.2 Å². The topological polar surface area (TPSA) is 29.5 Å². The Morgan fingerprint density at radius 1 is 1.29 bits per heavy atom. The predicted molar refractivity (Wildman–Crippen MR) is 81.4 cm³/mol. The van der Waals surface area contributed by atoms with Crippen molar-refractivity contribution in [3.05, 3.63) is 47.5 Å². The number of amides is 1. The largest absolute Gasteiger partial charge is 0.445 e. The number of piperidine rings is 1. The van der Waals surface area contributed by atoms with E-state index in [-0.39, 0.29) is 18.2 Å². The second kappa shape index (κ2) is 6.05. The van der Waals surface area contributed by atoms with Gasteiger partial charge >= 0.3 is 6.09 Å². The summed E-state index contributed by atoms with van der Waals surface area (Å²) in [4.78, 5) is 14.3. The molecule has 2 aliphatic heterocycles. The van der Waals surface area contributed by atoms with Crippen molar-refractivity contribution in [2.75, 3.05) is 0 Å². The third-order valence-electron chi connectivity index (χ3n) is 4.32. The number of hydrogen-bond donors (Lipinski definition) is 0. The van der Waals surface area contributed by atoms with Gasteiger partial charge in [-0.15, -0.1) is 6.42 Å². The smallest absolute Gasteiger partial charge is 0.410 e. The monoisotopic (exact) mass is 281 g/mol. The molecule has 1 aromatic carbocycles. The van der Waals surface area contributed by atoms with Crippen molar-refractivity contribution in [2.24, 2.45) is 0 Å². The predicted octanol–water partition coefficient (Wildman–Crippen LogP) is 3.51. The van der Waals surface area contributed by atoms with Crippen LogP contribution in [0.5, 0.6) is 0 Å². The van der Waals surface area contributed by atoms with Crippen molar-refractivity contribution in [2.45, 2.75) is 44.4 Å². The van der Waals surface area contributed by atoms with Gasteiger partial charge in [-0.2, -0.15) is 0 Å². The number of carbonyl (C=O) groups is 1. The van der Waals surface area contributed by atoms with E-state index in [1.807, 2.05) is 41.3 Å². The van der Waals surface area contributed by atoms with E-state index in [1.54, 1.807) is 0 Å². The van der Waals surface area contributed by atoms with Crippen molar-refractivity contribution in [1.29, 1.82) is 0 Å². The highest BCUT2D eigenvalue weighted by atomic mass is 16.6. The van der Waals surface area contributed by atoms with Gasteiger partial charge in [-0.1, -0.05) is 41.8 Å². The summed E-state index contributed by atoms with van der Waals surface area (Å²) in [5.74, 6) is 2.60. The van der Waals surface area contributed by atoms with Crippen LogP contribution in [0.15, 0.2) is 42.0 Å². The summed E-state index contributed by atoms with van der Waals surface area (Å²) in [6, 6.07) is 10.3. The first-order valence-corrected chi connectivity index (χ1v) is 7.41. The molecule has 0 saturated carbocycles. The molecular weight excluding hydrogens is 262 g/mol. The lowest BCUT2D eigenvalue weighted by Crippen LogP contribution is -2.44. The fraction of sp³-hybridized carbons (Fsp3) is 0.389. The molecule has 3 rings (SSSR count). The van der Waals surface area contributed by atoms with Gasteiger partial charge < -0.3 is 9.64 Å². The van der Waals surface area contributed by atoms with Gasteiger partial charge in [0.2, 0.25) is 0 Å². The standard InChI is InChI=1S/C18H19NO2/c1-2-6-15-11-16-9-10-17(12-15)19(16)18(20)21-13-14-7-4-3-5-8-14/h1,3-8,16-17H,9-13H2. The van der Waals surface area contributed by atoms with E-state index in [9.17, 15) is 4.79 Å². The van der Waals surface area contributed by atoms with Crippen LogP contribution in [0.25, 0.3) is 0 Å². The summed E-state index contributed by atoms with van der Waals surface area (Å²) in [5.41, 5.74) is 2.31. The normalized spacial score (nSPS) is 23.6. The Morgan fingerprint density at radius 2 is 1.95 bits per heavy atom. The van der Waals surface area contributed by atoms with Gasteiger partial charge in [0.25, 0.3) is 0 Å². The third kappa shape index (κ3) is 2.95. The van der Waals surface area contributed by atoms with Crippen LogP contribution < -0.4 is 0 Å². The first kappa shape index (κ1) is 13.8. The van der Waals surface area contributed by atoms with Gasteiger partial charge in [0.05, 0.1) is 0 Å². The van der Waals surface area contributed by atoms with Crippen molar-refractivity contribution < 1.29 is 9.53 Å². The molecule has 0 spiro atoms. The third-order valence-corrected chi connectivity index (χ3v) is 4.32. The molecule has 2 aliphatic rings. The van der Waals surface area contributed by atoms with Crippen molar-refractivity contribution in [3.8, 4) is 12.3 Å². The molecule has 2 fully saturated rings. The maximum absolute atomic E-state index is 12.3. The Hall–Kier alpha value is -2.21. The summed E-state index contributed by atoms with van der Waals surface area (Å²) < 4.78 is 5.47. The molecule has 1 amide bonds. The Kier molecular flexibility index (Phi) is 3.96. The van der Waals surface area contributed by atoms with E-state index < -0.39 is 0 Å². The fourth-order valence-electron chi connectivity index (χ4n) is 3.38. The number of benzene rings is 1. The highest BCUT2D eigenvalue weighted by Crippen LogP contribution is 2.38. The Morgan fingerprint density at radius 3 is 2.57 bits per heavy atom. The van der Waals surface area contributed by atoms with Crippen LogP contribution in [-0.4, -0.2) is 23.1 Å². The average Bonchev–Trinajstić information content (AvgIpc) is 2.78. The Labute approximate surface area is 125 Å². The van der Waals surface area contributed by atoms with Gasteiger partial charge in [0.15, 0.2) is 0 Å². The minimum atomic E-state index is -0.189. The highest BCUT2D eigenvalue weighted by molar-refractivity contribution is 5.69. The van der Waals surface area contributed by atoms with Gasteiger partial charge in [0.1, 0.15) is 6.61 Å². The van der Waals surface area contributed by atoms with Crippen molar-refractivity contribution in [3.63, 3.8) is 0 Å². The molecule has 2 saturated heterocycles. The summed E-state index contributed by atoms with van der Waals surface area (Å²) >= 11 is 0. The molecule has 21 heavy (non-hydrogen) atoms. The first-order valence-electron chi connectivity index (χ1n) is 7.41. The fourth-order valence-corrected chi connectivity index (χ4v) is 3.38. The van der Waals surface area contributed by atoms with E-state index >= 15 is 0 Å². The van der Waals surface area contributed by atoms with E-state index in [0.29, 0.717) is 6.61 Å². The van der Waals surface area contributed by atoms with Gasteiger partial charge in [-0.3, -0.25) is 0 Å². The Bertz CT molecular complexity index is 569. The van der Waals surface area contributed by atoms with Crippen molar-refractivity contribution >= 4 is 6.09 Å². The number of ether oxygens (including phenoxy) is 1. The molecule has 0 aliphatic carbocycles. The highest BCUT2D eigenvalue weighted by Gasteiger charge is 2.42. The molecule has 1 aromatic rings. The lowest BCUT2D eigenvalue weighted by atomic mass is 9.97. The van der Waals surface area contributed by atoms with Crippen LogP contribution >= 0.6 is 0 Å². The summed E-state index contributed by atoms with van der Waals surface area (Å²) in [7, 11) is 0. The minimum Gasteiger partial charge on any atom is -0.445 e. The van der Waals surface area contributed by atoms with Gasteiger partial charge in [-0.25, -0.2) is 4.79 Å². The zero-order chi connectivity index (χ0) is 14.7. The number of allylic oxidation sites excluding steroid dienone is 1. The number of nitrogens with zero attached hydrogens (tertiary/aromatic N) is 1. The number of carbonyl (C=O) groups excluding carboxylic acids is 1. The molecule has 2 heterocycles. The maximum atomic E-state index is 12.3. The average molecular weight is 281 g/mol. The molecular formula is C18H19NO2. The zero-order valence-electron chi connectivity index (χ0n) is 12.0. The summed E-state index contributed by atoms with van der Waals surface area (Å²) in [6.07, 6.45) is 10.9. The maximum Gasteiger partial charge on any atom is 0.410 e. The van der Waals surface area contributed by atoms with Crippen molar-refractivity contribution in [1.82, 2.24) is 4.90 Å². The molecule has 0 N–H and O–H groups in total. The van der Waals surface area contributed by atoms with Crippen LogP contribution in [0.2, 0.25) is 0 Å². The van der Waals surface area contributed by atoms with Crippen LogP contribution in [0, 0.1) is 12.3 Å². The van der Waals surface area contributed by atoms with Crippen LogP contribution in [-0.2, 0) is 11.3 Å². The molecule has 3 heteroatoms. The number of fused-ring (bicyclic) bond motifs is 2. The quantitative estimate of drug-likeness (QED) is 0.776. The summed E-state index contributed by atoms with van der Waals surface area (Å²) in [6.45, 7) is 0.336. The number of terminal acetylenes is 1. The van der Waals surface area contributed by atoms with E-state index in [1.165, 1.54) is 5.57 Å². The lowest BCUT2D eigenvalue weighted by molar-refractivity contribution is 0.0721. The second-order valence-corrected chi connectivity index (χ2v) is 5.71. The second-order valence-electron chi connectivity index (χ2n) is 5.71. The molecule has 0 radical (unpaired) electrons. The van der Waals surface area contributed by atoms with Gasteiger partial charge in [-0.05, 0) is 37.3 Å². The molecule has 2 bridgehead atoms. The first-order chi connectivity index (χ1) is 10.3. The molecule has 0 aromatic heterocycles. The Balaban J connectivity index is 1.62.